The number of aliphatic hydroxyl groups is 1. The summed E-state index contributed by atoms with van der Waals surface area (Å²) in [5.41, 5.74) is 2.22. The summed E-state index contributed by atoms with van der Waals surface area (Å²) in [5, 5.41) is 15.5. The average molecular weight is 368 g/mol. The molecule has 6 nitrogen and oxygen atoms in total. The number of nitrogens with one attached hydrogen (secondary N) is 2. The van der Waals surface area contributed by atoms with Crippen LogP contribution in [-0.4, -0.2) is 36.2 Å². The van der Waals surface area contributed by atoms with Crippen LogP contribution in [-0.2, 0) is 4.79 Å². The SMILES string of the molecule is Cc1cccc(OCC(O)CNC(=O)c2ccc(NC(=O)C3CC3)cc2)c1. The summed E-state index contributed by atoms with van der Waals surface area (Å²) in [6, 6.07) is 14.2. The molecular formula is C21H24N2O4. The van der Waals surface area contributed by atoms with Crippen molar-refractivity contribution < 1.29 is 19.4 Å². The maximum Gasteiger partial charge on any atom is 0.251 e. The first-order valence-electron chi connectivity index (χ1n) is 9.08. The number of aliphatic hydroxyl groups excluding tert-OH is 1. The predicted molar refractivity (Wildman–Crippen MR) is 103 cm³/mol. The molecule has 2 amide bonds. The number of benzene rings is 2. The largest absolute Gasteiger partial charge is 0.491 e. The van der Waals surface area contributed by atoms with Gasteiger partial charge in [0.05, 0.1) is 0 Å². The lowest BCUT2D eigenvalue weighted by Gasteiger charge is -2.14. The van der Waals surface area contributed by atoms with Crippen molar-refractivity contribution in [1.82, 2.24) is 5.32 Å². The van der Waals surface area contributed by atoms with Crippen LogP contribution in [0.4, 0.5) is 5.69 Å². The lowest BCUT2D eigenvalue weighted by Crippen LogP contribution is -2.35. The predicted octanol–water partition coefficient (Wildman–Crippen LogP) is 2.51. The second-order valence-corrected chi connectivity index (χ2v) is 6.83. The van der Waals surface area contributed by atoms with Gasteiger partial charge >= 0.3 is 0 Å². The van der Waals surface area contributed by atoms with E-state index in [1.54, 1.807) is 24.3 Å². The summed E-state index contributed by atoms with van der Waals surface area (Å²) in [5.74, 6) is 0.564. The number of hydrogen-bond acceptors (Lipinski definition) is 4. The molecule has 0 radical (unpaired) electrons. The first-order valence-corrected chi connectivity index (χ1v) is 9.08. The fraction of sp³-hybridized carbons (Fsp3) is 0.333. The second-order valence-electron chi connectivity index (χ2n) is 6.83. The Morgan fingerprint density at radius 3 is 2.59 bits per heavy atom. The van der Waals surface area contributed by atoms with Crippen LogP contribution in [0.2, 0.25) is 0 Å². The lowest BCUT2D eigenvalue weighted by atomic mass is 10.2. The maximum absolute atomic E-state index is 12.2. The van der Waals surface area contributed by atoms with E-state index in [2.05, 4.69) is 10.6 Å². The van der Waals surface area contributed by atoms with Gasteiger partial charge in [-0.1, -0.05) is 12.1 Å². The van der Waals surface area contributed by atoms with E-state index < -0.39 is 6.10 Å². The Labute approximate surface area is 158 Å². The first kappa shape index (κ1) is 18.9. The molecule has 27 heavy (non-hydrogen) atoms. The van der Waals surface area contributed by atoms with Crippen LogP contribution < -0.4 is 15.4 Å². The molecule has 1 atom stereocenters. The zero-order valence-electron chi connectivity index (χ0n) is 15.3. The van der Waals surface area contributed by atoms with Gasteiger partial charge in [0.2, 0.25) is 5.91 Å². The summed E-state index contributed by atoms with van der Waals surface area (Å²) < 4.78 is 5.52. The van der Waals surface area contributed by atoms with Crippen molar-refractivity contribution >= 4 is 17.5 Å². The molecule has 0 saturated heterocycles. The highest BCUT2D eigenvalue weighted by atomic mass is 16.5. The van der Waals surface area contributed by atoms with Crippen LogP contribution in [0.25, 0.3) is 0 Å². The van der Waals surface area contributed by atoms with Gasteiger partial charge in [-0.3, -0.25) is 9.59 Å². The van der Waals surface area contributed by atoms with Gasteiger partial charge in [-0.25, -0.2) is 0 Å². The van der Waals surface area contributed by atoms with Gasteiger partial charge in [-0.15, -0.1) is 0 Å². The highest BCUT2D eigenvalue weighted by Crippen LogP contribution is 2.30. The summed E-state index contributed by atoms with van der Waals surface area (Å²) >= 11 is 0. The Kier molecular flexibility index (Phi) is 6.08. The van der Waals surface area contributed by atoms with E-state index in [1.165, 1.54) is 0 Å². The minimum atomic E-state index is -0.813. The Bertz CT molecular complexity index is 800. The van der Waals surface area contributed by atoms with Gasteiger partial charge in [0.15, 0.2) is 0 Å². The third-order valence-corrected chi connectivity index (χ3v) is 4.29. The molecule has 1 aliphatic carbocycles. The molecule has 1 aliphatic rings. The van der Waals surface area contributed by atoms with Crippen molar-refractivity contribution in [2.75, 3.05) is 18.5 Å². The molecule has 0 spiro atoms. The summed E-state index contributed by atoms with van der Waals surface area (Å²) in [6.45, 7) is 2.15. The van der Waals surface area contributed by atoms with Crippen molar-refractivity contribution in [2.24, 2.45) is 5.92 Å². The molecule has 6 heteroatoms. The summed E-state index contributed by atoms with van der Waals surface area (Å²) in [6.07, 6.45) is 1.08. The number of ether oxygens (including phenoxy) is 1. The van der Waals surface area contributed by atoms with Crippen molar-refractivity contribution in [3.8, 4) is 5.75 Å². The molecule has 3 N–H and O–H groups in total. The Balaban J connectivity index is 1.42. The van der Waals surface area contributed by atoms with E-state index >= 15 is 0 Å². The zero-order chi connectivity index (χ0) is 19.2. The molecule has 2 aromatic rings. The molecule has 0 bridgehead atoms. The molecule has 3 rings (SSSR count). The summed E-state index contributed by atoms with van der Waals surface area (Å²) in [4.78, 5) is 23.9. The van der Waals surface area contributed by atoms with E-state index in [-0.39, 0.29) is 30.9 Å². The molecule has 0 aliphatic heterocycles. The number of carbonyl (C=O) groups is 2. The van der Waals surface area contributed by atoms with E-state index in [0.29, 0.717) is 17.0 Å². The molecular weight excluding hydrogens is 344 g/mol. The molecule has 142 valence electrons. The van der Waals surface area contributed by atoms with Crippen LogP contribution in [0.15, 0.2) is 48.5 Å². The highest BCUT2D eigenvalue weighted by Gasteiger charge is 2.29. The van der Waals surface area contributed by atoms with Gasteiger partial charge in [-0.05, 0) is 61.7 Å². The average Bonchev–Trinajstić information content (AvgIpc) is 3.50. The quantitative estimate of drug-likeness (QED) is 0.668. The van der Waals surface area contributed by atoms with Gasteiger partial charge < -0.3 is 20.5 Å². The minimum absolute atomic E-state index is 0.0314. The molecule has 1 fully saturated rings. The summed E-state index contributed by atoms with van der Waals surface area (Å²) in [7, 11) is 0. The van der Waals surface area contributed by atoms with Gasteiger partial charge in [-0.2, -0.15) is 0 Å². The van der Waals surface area contributed by atoms with E-state index in [9.17, 15) is 14.7 Å². The van der Waals surface area contributed by atoms with Gasteiger partial charge in [0, 0.05) is 23.7 Å². The third kappa shape index (κ3) is 5.82. The van der Waals surface area contributed by atoms with Gasteiger partial charge in [0.1, 0.15) is 18.5 Å². The smallest absolute Gasteiger partial charge is 0.251 e. The van der Waals surface area contributed by atoms with Crippen LogP contribution in [0.3, 0.4) is 0 Å². The number of aryl methyl sites for hydroxylation is 1. The van der Waals surface area contributed by atoms with Crippen molar-refractivity contribution in [3.63, 3.8) is 0 Å². The molecule has 2 aromatic carbocycles. The molecule has 1 saturated carbocycles. The van der Waals surface area contributed by atoms with Crippen LogP contribution >= 0.6 is 0 Å². The van der Waals surface area contributed by atoms with Crippen molar-refractivity contribution in [2.45, 2.75) is 25.9 Å². The fourth-order valence-corrected chi connectivity index (χ4v) is 2.56. The molecule has 0 heterocycles. The van der Waals surface area contributed by atoms with Crippen LogP contribution in [0.1, 0.15) is 28.8 Å². The Morgan fingerprint density at radius 1 is 1.19 bits per heavy atom. The van der Waals surface area contributed by atoms with E-state index in [0.717, 1.165) is 18.4 Å². The number of anilines is 1. The second kappa shape index (κ2) is 8.68. The van der Waals surface area contributed by atoms with E-state index in [1.807, 2.05) is 31.2 Å². The third-order valence-electron chi connectivity index (χ3n) is 4.29. The molecule has 0 aromatic heterocycles. The highest BCUT2D eigenvalue weighted by molar-refractivity contribution is 5.96. The maximum atomic E-state index is 12.2. The number of hydrogen-bond donors (Lipinski definition) is 3. The lowest BCUT2D eigenvalue weighted by molar-refractivity contribution is -0.117. The van der Waals surface area contributed by atoms with Crippen molar-refractivity contribution in [1.29, 1.82) is 0 Å². The fourth-order valence-electron chi connectivity index (χ4n) is 2.56. The van der Waals surface area contributed by atoms with Crippen LogP contribution in [0, 0.1) is 12.8 Å². The number of amides is 2. The monoisotopic (exact) mass is 368 g/mol. The van der Waals surface area contributed by atoms with Crippen LogP contribution in [0.5, 0.6) is 5.75 Å². The number of carbonyl (C=O) groups excluding carboxylic acids is 2. The molecule has 1 unspecified atom stereocenters. The Morgan fingerprint density at radius 2 is 1.93 bits per heavy atom. The number of rotatable bonds is 8. The zero-order valence-corrected chi connectivity index (χ0v) is 15.3. The normalized spacial score (nSPS) is 14.3. The van der Waals surface area contributed by atoms with Gasteiger partial charge in [0.25, 0.3) is 5.91 Å². The topological polar surface area (TPSA) is 87.7 Å². The van der Waals surface area contributed by atoms with Crippen molar-refractivity contribution in [3.05, 3.63) is 59.7 Å². The first-order chi connectivity index (χ1) is 13.0. The minimum Gasteiger partial charge on any atom is -0.491 e. The standard InChI is InChI=1S/C21H24N2O4/c1-14-3-2-4-19(11-14)27-13-18(24)12-22-20(25)15-7-9-17(10-8-15)23-21(26)16-5-6-16/h2-4,7-11,16,18,24H,5-6,12-13H2,1H3,(H,22,25)(H,23,26). The Hall–Kier alpha value is -2.86. The van der Waals surface area contributed by atoms with E-state index in [4.69, 9.17) is 4.74 Å².